The van der Waals surface area contributed by atoms with Crippen molar-refractivity contribution < 1.29 is 15.0 Å². The van der Waals surface area contributed by atoms with Crippen molar-refractivity contribution in [2.45, 2.75) is 26.4 Å². The molecule has 4 nitrogen and oxygen atoms in total. The molecule has 0 atom stereocenters. The minimum atomic E-state index is -0.914. The molecule has 0 saturated heterocycles. The molecule has 4 heteroatoms. The Bertz CT molecular complexity index is 446. The predicted molar refractivity (Wildman–Crippen MR) is 57.8 cm³/mol. The molecule has 0 bridgehead atoms. The summed E-state index contributed by atoms with van der Waals surface area (Å²) >= 11 is 0. The van der Waals surface area contributed by atoms with Crippen molar-refractivity contribution in [1.82, 2.24) is 0 Å². The number of hydrogen-bond donors (Lipinski definition) is 2. The summed E-state index contributed by atoms with van der Waals surface area (Å²) in [5.41, 5.74) is 2.39. The van der Waals surface area contributed by atoms with Gasteiger partial charge in [0.05, 0.1) is 24.7 Å². The van der Waals surface area contributed by atoms with Crippen molar-refractivity contribution in [3.63, 3.8) is 0 Å². The minimum Gasteiger partial charge on any atom is -0.481 e. The molecule has 16 heavy (non-hydrogen) atoms. The number of hydrogen-bond acceptors (Lipinski definition) is 3. The molecule has 0 radical (unpaired) electrons. The maximum atomic E-state index is 10.7. The smallest absolute Gasteiger partial charge is 0.307 e. The van der Waals surface area contributed by atoms with Crippen LogP contribution in [0.5, 0.6) is 0 Å². The molecule has 1 rings (SSSR count). The molecule has 0 spiro atoms. The molecule has 0 aliphatic carbocycles. The van der Waals surface area contributed by atoms with E-state index < -0.39 is 5.97 Å². The fourth-order valence-electron chi connectivity index (χ4n) is 1.80. The van der Waals surface area contributed by atoms with Crippen LogP contribution in [-0.4, -0.2) is 16.2 Å². The summed E-state index contributed by atoms with van der Waals surface area (Å²) in [5, 5.41) is 26.8. The van der Waals surface area contributed by atoms with Crippen LogP contribution in [0.3, 0.4) is 0 Å². The molecule has 0 amide bonds. The third-order valence-corrected chi connectivity index (χ3v) is 2.50. The Kier molecular flexibility index (Phi) is 4.03. The van der Waals surface area contributed by atoms with Gasteiger partial charge in [-0.25, -0.2) is 0 Å². The van der Waals surface area contributed by atoms with E-state index in [2.05, 4.69) is 0 Å². The van der Waals surface area contributed by atoms with Crippen LogP contribution in [0, 0.1) is 11.3 Å². The Labute approximate surface area is 93.8 Å². The summed E-state index contributed by atoms with van der Waals surface area (Å²) in [4.78, 5) is 10.7. The second-order valence-corrected chi connectivity index (χ2v) is 3.42. The predicted octanol–water partition coefficient (Wildman–Crippen LogP) is 1.24. The molecule has 0 saturated carbocycles. The number of aliphatic hydroxyl groups is 1. The Balaban J connectivity index is 3.32. The first-order valence-corrected chi connectivity index (χ1v) is 5.00. The molecule has 1 aromatic rings. The quantitative estimate of drug-likeness (QED) is 0.798. The summed E-state index contributed by atoms with van der Waals surface area (Å²) in [7, 11) is 0. The molecule has 0 fully saturated rings. The van der Waals surface area contributed by atoms with Gasteiger partial charge in [-0.3, -0.25) is 4.79 Å². The standard InChI is InChI=1S/C12H13NO3/c1-2-10-8(5-12(15)16)3-4-9(6-13)11(10)7-14/h3-4,14H,2,5,7H2,1H3,(H,15,16). The van der Waals surface area contributed by atoms with Crippen molar-refractivity contribution in [2.75, 3.05) is 0 Å². The molecule has 0 aliphatic rings. The molecule has 0 heterocycles. The number of aliphatic hydroxyl groups excluding tert-OH is 1. The lowest BCUT2D eigenvalue weighted by molar-refractivity contribution is -0.136. The third-order valence-electron chi connectivity index (χ3n) is 2.50. The molecule has 2 N–H and O–H groups in total. The lowest BCUT2D eigenvalue weighted by atomic mass is 9.93. The summed E-state index contributed by atoms with van der Waals surface area (Å²) in [5.74, 6) is -0.914. The zero-order chi connectivity index (χ0) is 12.1. The molecule has 84 valence electrons. The number of rotatable bonds is 4. The second kappa shape index (κ2) is 5.29. The first-order chi connectivity index (χ1) is 7.63. The van der Waals surface area contributed by atoms with Gasteiger partial charge in [-0.1, -0.05) is 13.0 Å². The van der Waals surface area contributed by atoms with Crippen LogP contribution in [0.25, 0.3) is 0 Å². The molecular weight excluding hydrogens is 206 g/mol. The van der Waals surface area contributed by atoms with Crippen LogP contribution in [0.4, 0.5) is 0 Å². The number of carbonyl (C=O) groups is 1. The van der Waals surface area contributed by atoms with E-state index in [1.807, 2.05) is 13.0 Å². The maximum absolute atomic E-state index is 10.7. The summed E-state index contributed by atoms with van der Waals surface area (Å²) < 4.78 is 0. The molecule has 0 aliphatic heterocycles. The topological polar surface area (TPSA) is 81.3 Å². The lowest BCUT2D eigenvalue weighted by Crippen LogP contribution is -2.07. The van der Waals surface area contributed by atoms with Gasteiger partial charge in [0.25, 0.3) is 0 Å². The summed E-state index contributed by atoms with van der Waals surface area (Å²) in [6.45, 7) is 1.64. The van der Waals surface area contributed by atoms with E-state index in [-0.39, 0.29) is 13.0 Å². The van der Waals surface area contributed by atoms with Gasteiger partial charge in [0, 0.05) is 0 Å². The Morgan fingerprint density at radius 3 is 2.56 bits per heavy atom. The van der Waals surface area contributed by atoms with Gasteiger partial charge < -0.3 is 10.2 Å². The Hall–Kier alpha value is -1.86. The van der Waals surface area contributed by atoms with Crippen LogP contribution >= 0.6 is 0 Å². The van der Waals surface area contributed by atoms with E-state index in [4.69, 9.17) is 10.4 Å². The lowest BCUT2D eigenvalue weighted by Gasteiger charge is -2.12. The maximum Gasteiger partial charge on any atom is 0.307 e. The molecule has 1 aromatic carbocycles. The van der Waals surface area contributed by atoms with Crippen LogP contribution < -0.4 is 0 Å². The highest BCUT2D eigenvalue weighted by atomic mass is 16.4. The number of nitriles is 1. The first kappa shape index (κ1) is 12.2. The highest BCUT2D eigenvalue weighted by Crippen LogP contribution is 2.20. The highest BCUT2D eigenvalue weighted by Gasteiger charge is 2.13. The normalized spacial score (nSPS) is 9.81. The Morgan fingerprint density at radius 2 is 2.12 bits per heavy atom. The van der Waals surface area contributed by atoms with Gasteiger partial charge in [0.1, 0.15) is 0 Å². The van der Waals surface area contributed by atoms with Crippen LogP contribution in [-0.2, 0) is 24.2 Å². The number of nitrogens with zero attached hydrogens (tertiary/aromatic N) is 1. The van der Waals surface area contributed by atoms with E-state index in [1.165, 1.54) is 0 Å². The zero-order valence-corrected chi connectivity index (χ0v) is 9.03. The van der Waals surface area contributed by atoms with Crippen molar-refractivity contribution in [3.8, 4) is 6.07 Å². The number of benzene rings is 1. The van der Waals surface area contributed by atoms with Crippen molar-refractivity contribution in [3.05, 3.63) is 34.4 Å². The van der Waals surface area contributed by atoms with Gasteiger partial charge in [0.2, 0.25) is 0 Å². The van der Waals surface area contributed by atoms with E-state index in [9.17, 15) is 9.90 Å². The number of carboxylic acid groups (broad SMARTS) is 1. The average Bonchev–Trinajstić information content (AvgIpc) is 2.27. The fraction of sp³-hybridized carbons (Fsp3) is 0.333. The summed E-state index contributed by atoms with van der Waals surface area (Å²) in [6.07, 6.45) is 0.524. The van der Waals surface area contributed by atoms with E-state index in [1.54, 1.807) is 12.1 Å². The average molecular weight is 219 g/mol. The van der Waals surface area contributed by atoms with Crippen LogP contribution in [0.2, 0.25) is 0 Å². The number of aliphatic carboxylic acids is 1. The zero-order valence-electron chi connectivity index (χ0n) is 9.03. The first-order valence-electron chi connectivity index (χ1n) is 5.00. The number of carboxylic acids is 1. The van der Waals surface area contributed by atoms with E-state index >= 15 is 0 Å². The van der Waals surface area contributed by atoms with Crippen molar-refractivity contribution >= 4 is 5.97 Å². The van der Waals surface area contributed by atoms with Gasteiger partial charge in [0.15, 0.2) is 0 Å². The van der Waals surface area contributed by atoms with Gasteiger partial charge in [-0.15, -0.1) is 0 Å². The van der Waals surface area contributed by atoms with E-state index in [0.29, 0.717) is 23.1 Å². The van der Waals surface area contributed by atoms with Crippen LogP contribution in [0.15, 0.2) is 12.1 Å². The Morgan fingerprint density at radius 1 is 1.44 bits per heavy atom. The van der Waals surface area contributed by atoms with E-state index in [0.717, 1.165) is 5.56 Å². The molecular formula is C12H13NO3. The van der Waals surface area contributed by atoms with Gasteiger partial charge >= 0.3 is 5.97 Å². The summed E-state index contributed by atoms with van der Waals surface area (Å²) in [6, 6.07) is 5.20. The van der Waals surface area contributed by atoms with Gasteiger partial charge in [-0.2, -0.15) is 5.26 Å². The third kappa shape index (κ3) is 2.38. The second-order valence-electron chi connectivity index (χ2n) is 3.42. The SMILES string of the molecule is CCc1c(CC(=O)O)ccc(C#N)c1CO. The largest absolute Gasteiger partial charge is 0.481 e. The molecule has 0 unspecified atom stereocenters. The highest BCUT2D eigenvalue weighted by molar-refractivity contribution is 5.71. The molecule has 0 aromatic heterocycles. The van der Waals surface area contributed by atoms with Crippen LogP contribution in [0.1, 0.15) is 29.2 Å². The van der Waals surface area contributed by atoms with Crippen molar-refractivity contribution in [2.24, 2.45) is 0 Å². The van der Waals surface area contributed by atoms with Crippen molar-refractivity contribution in [1.29, 1.82) is 5.26 Å². The minimum absolute atomic E-state index is 0.0815. The fourth-order valence-corrected chi connectivity index (χ4v) is 1.80. The monoisotopic (exact) mass is 219 g/mol. The van der Waals surface area contributed by atoms with Gasteiger partial charge in [-0.05, 0) is 29.2 Å².